The normalized spacial score (nSPS) is 19.6. The molecule has 3 N–H and O–H groups in total. The molecule has 1 aliphatic heterocycles. The van der Waals surface area contributed by atoms with Crippen LogP contribution in [0.25, 0.3) is 0 Å². The number of urea groups is 1. The lowest BCUT2D eigenvalue weighted by Crippen LogP contribution is -2.41. The topological polar surface area (TPSA) is 127 Å². The fourth-order valence-electron chi connectivity index (χ4n) is 2.91. The Kier molecular flexibility index (Phi) is 4.77. The number of primary sulfonamides is 1. The zero-order valence-corrected chi connectivity index (χ0v) is 15.5. The van der Waals surface area contributed by atoms with Crippen molar-refractivity contribution in [3.05, 3.63) is 65.5 Å². The number of ketones is 1. The van der Waals surface area contributed by atoms with Crippen LogP contribution in [0.1, 0.15) is 22.8 Å². The third-order valence-electron chi connectivity index (χ3n) is 4.48. The fraction of sp³-hybridized carbons (Fsp3) is 0.167. The maximum Gasteiger partial charge on any atom is 0.325 e. The van der Waals surface area contributed by atoms with E-state index in [2.05, 4.69) is 5.32 Å². The van der Waals surface area contributed by atoms with Gasteiger partial charge in [0.25, 0.3) is 5.91 Å². The van der Waals surface area contributed by atoms with Gasteiger partial charge in [-0.3, -0.25) is 14.5 Å². The molecule has 3 amide bonds. The van der Waals surface area contributed by atoms with Crippen LogP contribution in [0.15, 0.2) is 53.4 Å². The van der Waals surface area contributed by atoms with Crippen molar-refractivity contribution in [1.29, 1.82) is 0 Å². The summed E-state index contributed by atoms with van der Waals surface area (Å²) in [7, 11) is -3.91. The molecule has 0 spiro atoms. The Morgan fingerprint density at radius 2 is 1.82 bits per heavy atom. The molecule has 1 fully saturated rings. The highest BCUT2D eigenvalue weighted by molar-refractivity contribution is 7.89. The van der Waals surface area contributed by atoms with Gasteiger partial charge in [0.2, 0.25) is 10.0 Å². The number of carbonyl (C=O) groups is 3. The molecular formula is C18H16FN3O5S. The number of amides is 3. The summed E-state index contributed by atoms with van der Waals surface area (Å²) in [4.78, 5) is 38.0. The molecule has 146 valence electrons. The van der Waals surface area contributed by atoms with Gasteiger partial charge in [-0.15, -0.1) is 0 Å². The molecule has 28 heavy (non-hydrogen) atoms. The Bertz CT molecular complexity index is 1080. The van der Waals surface area contributed by atoms with E-state index < -0.39 is 45.6 Å². The second-order valence-electron chi connectivity index (χ2n) is 6.45. The Morgan fingerprint density at radius 1 is 1.18 bits per heavy atom. The van der Waals surface area contributed by atoms with Crippen LogP contribution < -0.4 is 10.5 Å². The van der Waals surface area contributed by atoms with E-state index >= 15 is 0 Å². The number of nitrogens with two attached hydrogens (primary N) is 1. The van der Waals surface area contributed by atoms with Gasteiger partial charge in [-0.2, -0.15) is 0 Å². The van der Waals surface area contributed by atoms with Crippen LogP contribution >= 0.6 is 0 Å². The minimum absolute atomic E-state index is 0.0340. The zero-order chi connectivity index (χ0) is 20.7. The molecule has 2 aromatic carbocycles. The quantitative estimate of drug-likeness (QED) is 0.569. The van der Waals surface area contributed by atoms with E-state index in [1.54, 1.807) is 0 Å². The number of benzene rings is 2. The average Bonchev–Trinajstić information content (AvgIpc) is 2.85. The van der Waals surface area contributed by atoms with Gasteiger partial charge >= 0.3 is 6.03 Å². The summed E-state index contributed by atoms with van der Waals surface area (Å²) >= 11 is 0. The third-order valence-corrected chi connectivity index (χ3v) is 5.41. The van der Waals surface area contributed by atoms with Crippen molar-refractivity contribution in [2.75, 3.05) is 6.54 Å². The number of hydrogen-bond acceptors (Lipinski definition) is 5. The van der Waals surface area contributed by atoms with Gasteiger partial charge in [0.1, 0.15) is 11.4 Å². The number of sulfonamides is 1. The molecule has 3 rings (SSSR count). The van der Waals surface area contributed by atoms with E-state index in [4.69, 9.17) is 5.14 Å². The molecule has 2 aromatic rings. The predicted octanol–water partition coefficient (Wildman–Crippen LogP) is 1.12. The summed E-state index contributed by atoms with van der Waals surface area (Å²) in [5.41, 5.74) is -1.14. The predicted molar refractivity (Wildman–Crippen MR) is 96.1 cm³/mol. The van der Waals surface area contributed by atoms with Crippen molar-refractivity contribution in [3.63, 3.8) is 0 Å². The number of nitrogens with zero attached hydrogens (tertiary/aromatic N) is 1. The second kappa shape index (κ2) is 6.80. The highest BCUT2D eigenvalue weighted by atomic mass is 32.2. The lowest BCUT2D eigenvalue weighted by atomic mass is 9.92. The van der Waals surface area contributed by atoms with Crippen molar-refractivity contribution in [2.24, 2.45) is 5.14 Å². The first-order valence-electron chi connectivity index (χ1n) is 8.08. The molecule has 0 radical (unpaired) electrons. The van der Waals surface area contributed by atoms with Crippen LogP contribution in [0.3, 0.4) is 0 Å². The Morgan fingerprint density at radius 3 is 2.39 bits per heavy atom. The number of Topliss-reactive ketones (excluding diaryl/α,β-unsaturated/α-hetero) is 1. The summed E-state index contributed by atoms with van der Waals surface area (Å²) in [5, 5.41) is 7.55. The highest BCUT2D eigenvalue weighted by Gasteiger charge is 2.49. The smallest absolute Gasteiger partial charge is 0.319 e. The summed E-state index contributed by atoms with van der Waals surface area (Å²) < 4.78 is 36.0. The van der Waals surface area contributed by atoms with E-state index in [1.807, 2.05) is 0 Å². The monoisotopic (exact) mass is 405 g/mol. The molecule has 0 aliphatic carbocycles. The number of halogens is 1. The molecule has 0 saturated carbocycles. The molecule has 8 nitrogen and oxygen atoms in total. The summed E-state index contributed by atoms with van der Waals surface area (Å²) in [6.45, 7) is 0.880. The van der Waals surface area contributed by atoms with Crippen LogP contribution in [0, 0.1) is 5.82 Å². The molecule has 1 aliphatic rings. The maximum absolute atomic E-state index is 13.3. The van der Waals surface area contributed by atoms with Crippen LogP contribution in [-0.4, -0.2) is 37.6 Å². The van der Waals surface area contributed by atoms with Crippen molar-refractivity contribution in [1.82, 2.24) is 10.2 Å². The van der Waals surface area contributed by atoms with E-state index in [9.17, 15) is 27.2 Å². The number of imide groups is 1. The average molecular weight is 405 g/mol. The lowest BCUT2D eigenvalue weighted by Gasteiger charge is -2.22. The molecule has 0 bridgehead atoms. The maximum atomic E-state index is 13.3. The molecule has 10 heteroatoms. The van der Waals surface area contributed by atoms with Crippen molar-refractivity contribution < 1.29 is 27.2 Å². The first kappa shape index (κ1) is 19.6. The van der Waals surface area contributed by atoms with E-state index in [-0.39, 0.29) is 10.5 Å². The SMILES string of the molecule is CC1(c2ccc(S(N)(=O)=O)cc2)NC(=O)N(CC(=O)c2cccc(F)c2)C1=O. The molecule has 1 saturated heterocycles. The van der Waals surface area contributed by atoms with Gasteiger partial charge in [0.05, 0.1) is 11.4 Å². The highest BCUT2D eigenvalue weighted by Crippen LogP contribution is 2.29. The van der Waals surface area contributed by atoms with Gasteiger partial charge in [-0.25, -0.2) is 22.7 Å². The molecular weight excluding hydrogens is 389 g/mol. The Labute approximate surface area is 160 Å². The molecule has 1 heterocycles. The number of hydrogen-bond donors (Lipinski definition) is 2. The van der Waals surface area contributed by atoms with Crippen molar-refractivity contribution in [2.45, 2.75) is 17.4 Å². The summed E-state index contributed by atoms with van der Waals surface area (Å²) in [6.07, 6.45) is 0. The second-order valence-corrected chi connectivity index (χ2v) is 8.01. The van der Waals surface area contributed by atoms with Gasteiger partial charge in [0, 0.05) is 5.56 Å². The zero-order valence-electron chi connectivity index (χ0n) is 14.7. The fourth-order valence-corrected chi connectivity index (χ4v) is 3.43. The van der Waals surface area contributed by atoms with Crippen LogP contribution in [0.2, 0.25) is 0 Å². The van der Waals surface area contributed by atoms with Gasteiger partial charge in [-0.1, -0.05) is 24.3 Å². The third kappa shape index (κ3) is 3.51. The first-order chi connectivity index (χ1) is 13.0. The molecule has 1 atom stereocenters. The van der Waals surface area contributed by atoms with E-state index in [0.29, 0.717) is 5.56 Å². The van der Waals surface area contributed by atoms with Gasteiger partial charge in [-0.05, 0) is 36.8 Å². The Hall–Kier alpha value is -3.11. The van der Waals surface area contributed by atoms with E-state index in [1.165, 1.54) is 49.4 Å². The number of nitrogens with one attached hydrogen (secondary N) is 1. The first-order valence-corrected chi connectivity index (χ1v) is 9.63. The van der Waals surface area contributed by atoms with Crippen molar-refractivity contribution in [3.8, 4) is 0 Å². The van der Waals surface area contributed by atoms with E-state index in [0.717, 1.165) is 11.0 Å². The number of rotatable bonds is 5. The molecule has 0 aromatic heterocycles. The van der Waals surface area contributed by atoms with Crippen LogP contribution in [0.4, 0.5) is 9.18 Å². The van der Waals surface area contributed by atoms with Crippen molar-refractivity contribution >= 4 is 27.7 Å². The largest absolute Gasteiger partial charge is 0.325 e. The standard InChI is InChI=1S/C18H16FN3O5S/c1-18(12-5-7-14(8-6-12)28(20,26)27)16(24)22(17(25)21-18)10-15(23)11-3-2-4-13(19)9-11/h2-9H,10H2,1H3,(H,21,25)(H2,20,26,27). The van der Waals surface area contributed by atoms with Gasteiger partial charge in [0.15, 0.2) is 5.78 Å². The molecule has 1 unspecified atom stereocenters. The van der Waals surface area contributed by atoms with Crippen LogP contribution in [-0.2, 0) is 20.4 Å². The Balaban J connectivity index is 1.85. The van der Waals surface area contributed by atoms with Gasteiger partial charge < -0.3 is 5.32 Å². The lowest BCUT2D eigenvalue weighted by molar-refractivity contribution is -0.130. The minimum atomic E-state index is -3.91. The minimum Gasteiger partial charge on any atom is -0.319 e. The summed E-state index contributed by atoms with van der Waals surface area (Å²) in [6, 6.07) is 9.30. The number of carbonyl (C=O) groups excluding carboxylic acids is 3. The summed E-state index contributed by atoms with van der Waals surface area (Å²) in [5.74, 6) is -1.90. The van der Waals surface area contributed by atoms with Crippen LogP contribution in [0.5, 0.6) is 0 Å².